The second kappa shape index (κ2) is 6.72. The van der Waals surface area contributed by atoms with Gasteiger partial charge in [0.1, 0.15) is 0 Å². The molecule has 1 saturated carbocycles. The second-order valence-electron chi connectivity index (χ2n) is 6.14. The Hall–Kier alpha value is -0.120. The van der Waals surface area contributed by atoms with Crippen LogP contribution in [0.2, 0.25) is 0 Å². The highest BCUT2D eigenvalue weighted by Gasteiger charge is 2.31. The van der Waals surface area contributed by atoms with Crippen LogP contribution in [0.15, 0.2) is 0 Å². The Morgan fingerprint density at radius 2 is 2.12 bits per heavy atom. The topological polar surface area (TPSA) is 47.3 Å². The Balaban J connectivity index is 2.54. The standard InChI is InChI=1S/C14H30N2O/c1-5-11-7-6-8-12(9-11)13(16-15)10-14(2,3)17-4/h11-13,16H,5-10,15H2,1-4H3. The lowest BCUT2D eigenvalue weighted by molar-refractivity contribution is -0.00215. The van der Waals surface area contributed by atoms with Crippen LogP contribution in [-0.2, 0) is 4.74 Å². The predicted octanol–water partition coefficient (Wildman–Crippen LogP) is 2.85. The first kappa shape index (κ1) is 14.9. The van der Waals surface area contributed by atoms with Crippen LogP contribution in [-0.4, -0.2) is 18.8 Å². The molecule has 0 saturated heterocycles. The maximum Gasteiger partial charge on any atom is 0.0638 e. The van der Waals surface area contributed by atoms with Gasteiger partial charge in [0, 0.05) is 13.2 Å². The Labute approximate surface area is 106 Å². The van der Waals surface area contributed by atoms with E-state index in [1.807, 2.05) is 0 Å². The Morgan fingerprint density at radius 1 is 1.41 bits per heavy atom. The molecule has 0 radical (unpaired) electrons. The molecule has 3 nitrogen and oxygen atoms in total. The zero-order chi connectivity index (χ0) is 12.9. The van der Waals surface area contributed by atoms with Crippen molar-refractivity contribution in [2.75, 3.05) is 7.11 Å². The van der Waals surface area contributed by atoms with Crippen molar-refractivity contribution < 1.29 is 4.74 Å². The largest absolute Gasteiger partial charge is 0.379 e. The third-order valence-corrected chi connectivity index (χ3v) is 4.45. The van der Waals surface area contributed by atoms with E-state index < -0.39 is 0 Å². The van der Waals surface area contributed by atoms with Gasteiger partial charge in [-0.3, -0.25) is 11.3 Å². The summed E-state index contributed by atoms with van der Waals surface area (Å²) in [6, 6.07) is 0.388. The zero-order valence-electron chi connectivity index (χ0n) is 12.0. The Bertz CT molecular complexity index is 218. The van der Waals surface area contributed by atoms with Gasteiger partial charge in [-0.05, 0) is 44.9 Å². The van der Waals surface area contributed by atoms with Gasteiger partial charge in [-0.2, -0.15) is 0 Å². The van der Waals surface area contributed by atoms with Crippen molar-refractivity contribution in [3.63, 3.8) is 0 Å². The number of hydrazine groups is 1. The molecule has 1 aliphatic carbocycles. The lowest BCUT2D eigenvalue weighted by Gasteiger charge is -2.37. The van der Waals surface area contributed by atoms with Crippen molar-refractivity contribution in [3.05, 3.63) is 0 Å². The summed E-state index contributed by atoms with van der Waals surface area (Å²) in [5, 5.41) is 0. The molecular formula is C14H30N2O. The van der Waals surface area contributed by atoms with E-state index in [1.54, 1.807) is 7.11 Å². The molecule has 0 aromatic rings. The van der Waals surface area contributed by atoms with Crippen LogP contribution in [0.3, 0.4) is 0 Å². The molecule has 0 amide bonds. The van der Waals surface area contributed by atoms with E-state index in [0.29, 0.717) is 12.0 Å². The molecule has 0 aliphatic heterocycles. The van der Waals surface area contributed by atoms with Crippen LogP contribution in [0.1, 0.15) is 59.3 Å². The van der Waals surface area contributed by atoms with Gasteiger partial charge in [0.2, 0.25) is 0 Å². The van der Waals surface area contributed by atoms with Crippen LogP contribution in [0.4, 0.5) is 0 Å². The number of ether oxygens (including phenoxy) is 1. The van der Waals surface area contributed by atoms with Crippen LogP contribution < -0.4 is 11.3 Å². The molecule has 1 aliphatic rings. The monoisotopic (exact) mass is 242 g/mol. The van der Waals surface area contributed by atoms with E-state index in [0.717, 1.165) is 12.3 Å². The van der Waals surface area contributed by atoms with Gasteiger partial charge in [-0.1, -0.05) is 26.2 Å². The lowest BCUT2D eigenvalue weighted by atomic mass is 9.75. The van der Waals surface area contributed by atoms with Gasteiger partial charge in [-0.15, -0.1) is 0 Å². The number of rotatable bonds is 6. The highest BCUT2D eigenvalue weighted by molar-refractivity contribution is 4.85. The fourth-order valence-corrected chi connectivity index (χ4v) is 3.04. The fourth-order valence-electron chi connectivity index (χ4n) is 3.04. The lowest BCUT2D eigenvalue weighted by Crippen LogP contribution is -2.47. The fraction of sp³-hybridized carbons (Fsp3) is 1.00. The average molecular weight is 242 g/mol. The minimum Gasteiger partial charge on any atom is -0.379 e. The summed E-state index contributed by atoms with van der Waals surface area (Å²) >= 11 is 0. The number of hydrogen-bond donors (Lipinski definition) is 2. The van der Waals surface area contributed by atoms with E-state index in [1.165, 1.54) is 32.1 Å². The van der Waals surface area contributed by atoms with Crippen molar-refractivity contribution in [3.8, 4) is 0 Å². The molecule has 3 unspecified atom stereocenters. The Morgan fingerprint density at radius 3 is 2.65 bits per heavy atom. The van der Waals surface area contributed by atoms with Crippen molar-refractivity contribution in [1.29, 1.82) is 0 Å². The van der Waals surface area contributed by atoms with Crippen molar-refractivity contribution in [1.82, 2.24) is 5.43 Å². The van der Waals surface area contributed by atoms with E-state index >= 15 is 0 Å². The normalized spacial score (nSPS) is 28.1. The SMILES string of the molecule is CCC1CCCC(C(CC(C)(C)OC)NN)C1. The number of nitrogens with one attached hydrogen (secondary N) is 1. The van der Waals surface area contributed by atoms with Crippen molar-refractivity contribution >= 4 is 0 Å². The van der Waals surface area contributed by atoms with E-state index in [2.05, 4.69) is 26.2 Å². The molecule has 3 heteroatoms. The Kier molecular flexibility index (Phi) is 5.90. The van der Waals surface area contributed by atoms with Crippen LogP contribution >= 0.6 is 0 Å². The maximum atomic E-state index is 5.75. The number of hydrogen-bond acceptors (Lipinski definition) is 3. The van der Waals surface area contributed by atoms with E-state index in [-0.39, 0.29) is 5.60 Å². The van der Waals surface area contributed by atoms with Gasteiger partial charge >= 0.3 is 0 Å². The smallest absolute Gasteiger partial charge is 0.0638 e. The number of nitrogens with two attached hydrogens (primary N) is 1. The van der Waals surface area contributed by atoms with Gasteiger partial charge in [0.05, 0.1) is 5.60 Å². The van der Waals surface area contributed by atoms with Gasteiger partial charge in [-0.25, -0.2) is 0 Å². The first-order chi connectivity index (χ1) is 8.02. The molecule has 0 aromatic carbocycles. The van der Waals surface area contributed by atoms with Crippen molar-refractivity contribution in [2.45, 2.75) is 70.9 Å². The predicted molar refractivity (Wildman–Crippen MR) is 72.6 cm³/mol. The third-order valence-electron chi connectivity index (χ3n) is 4.45. The maximum absolute atomic E-state index is 5.75. The molecule has 1 fully saturated rings. The molecule has 102 valence electrons. The summed E-state index contributed by atoms with van der Waals surface area (Å²) in [6.07, 6.45) is 7.69. The zero-order valence-corrected chi connectivity index (χ0v) is 12.0. The summed E-state index contributed by atoms with van der Waals surface area (Å²) in [6.45, 7) is 6.58. The summed E-state index contributed by atoms with van der Waals surface area (Å²) in [4.78, 5) is 0. The van der Waals surface area contributed by atoms with Gasteiger partial charge in [0.25, 0.3) is 0 Å². The third kappa shape index (κ3) is 4.57. The second-order valence-corrected chi connectivity index (χ2v) is 6.14. The molecule has 0 bridgehead atoms. The molecule has 3 atom stereocenters. The highest BCUT2D eigenvalue weighted by Crippen LogP contribution is 2.35. The first-order valence-electron chi connectivity index (χ1n) is 7.03. The van der Waals surface area contributed by atoms with Crippen LogP contribution in [0, 0.1) is 11.8 Å². The van der Waals surface area contributed by atoms with Gasteiger partial charge in [0.15, 0.2) is 0 Å². The molecular weight excluding hydrogens is 212 g/mol. The van der Waals surface area contributed by atoms with Crippen LogP contribution in [0.5, 0.6) is 0 Å². The summed E-state index contributed by atoms with van der Waals surface area (Å²) < 4.78 is 5.52. The minimum atomic E-state index is -0.0871. The molecule has 0 aromatic heterocycles. The summed E-state index contributed by atoms with van der Waals surface area (Å²) in [5.41, 5.74) is 2.94. The van der Waals surface area contributed by atoms with Crippen molar-refractivity contribution in [2.24, 2.45) is 17.7 Å². The van der Waals surface area contributed by atoms with E-state index in [9.17, 15) is 0 Å². The van der Waals surface area contributed by atoms with Crippen LogP contribution in [0.25, 0.3) is 0 Å². The molecule has 3 N–H and O–H groups in total. The average Bonchev–Trinajstić information content (AvgIpc) is 2.36. The van der Waals surface area contributed by atoms with Gasteiger partial charge < -0.3 is 4.74 Å². The minimum absolute atomic E-state index is 0.0871. The number of methoxy groups -OCH3 is 1. The molecule has 0 spiro atoms. The summed E-state index contributed by atoms with van der Waals surface area (Å²) in [5.74, 6) is 7.36. The quantitative estimate of drug-likeness (QED) is 0.556. The summed E-state index contributed by atoms with van der Waals surface area (Å²) in [7, 11) is 1.78. The molecule has 1 rings (SSSR count). The molecule has 17 heavy (non-hydrogen) atoms. The first-order valence-corrected chi connectivity index (χ1v) is 7.03. The van der Waals surface area contributed by atoms with E-state index in [4.69, 9.17) is 10.6 Å². The molecule has 0 heterocycles. The highest BCUT2D eigenvalue weighted by atomic mass is 16.5.